The first kappa shape index (κ1) is 16.5. The maximum absolute atomic E-state index is 13.9. The summed E-state index contributed by atoms with van der Waals surface area (Å²) < 4.78 is 13.9. The molecule has 0 atom stereocenters. The third-order valence-electron chi connectivity index (χ3n) is 3.05. The van der Waals surface area contributed by atoms with Gasteiger partial charge in [0.15, 0.2) is 0 Å². The number of nitrogens with one attached hydrogen (secondary N) is 1. The van der Waals surface area contributed by atoms with Gasteiger partial charge in [-0.25, -0.2) is 4.39 Å². The molecule has 8 heteroatoms. The second kappa shape index (κ2) is 5.86. The molecule has 2 amide bonds. The highest BCUT2D eigenvalue weighted by Gasteiger charge is 2.27. The fourth-order valence-corrected chi connectivity index (χ4v) is 1.50. The first-order valence-corrected chi connectivity index (χ1v) is 6.09. The van der Waals surface area contributed by atoms with Crippen molar-refractivity contribution in [3.63, 3.8) is 0 Å². The fraction of sp³-hybridized carbons (Fsp3) is 0.385. The van der Waals surface area contributed by atoms with Crippen molar-refractivity contribution >= 4 is 17.5 Å². The van der Waals surface area contributed by atoms with E-state index in [1.807, 2.05) is 0 Å². The first-order chi connectivity index (χ1) is 9.56. The molecule has 114 valence electrons. The Bertz CT molecular complexity index is 614. The van der Waals surface area contributed by atoms with E-state index in [0.29, 0.717) is 0 Å². The van der Waals surface area contributed by atoms with Gasteiger partial charge in [-0.15, -0.1) is 0 Å². The number of primary amides is 1. The minimum absolute atomic E-state index is 0.0106. The highest BCUT2D eigenvalue weighted by molar-refractivity contribution is 5.95. The minimum atomic E-state index is -1.01. The Morgan fingerprint density at radius 2 is 2.00 bits per heavy atom. The molecule has 0 bridgehead atoms. The molecule has 0 aromatic heterocycles. The summed E-state index contributed by atoms with van der Waals surface area (Å²) in [6, 6.07) is 1.90. The smallest absolute Gasteiger partial charge is 0.270 e. The average molecular weight is 297 g/mol. The molecular formula is C13H16FN3O4. The second-order valence-electron chi connectivity index (χ2n) is 5.31. The number of carbonyl (C=O) groups excluding carboxylic acids is 2. The standard InChI is InChI=1S/C13H16FN3O4/c1-7-4-8(17(20)21)5-9(10(7)14)11(18)16-6-13(2,3)12(15)19/h4-5H,6H2,1-3H3,(H2,15,19)(H,16,18). The van der Waals surface area contributed by atoms with E-state index in [1.54, 1.807) is 0 Å². The maximum atomic E-state index is 13.9. The van der Waals surface area contributed by atoms with Gasteiger partial charge >= 0.3 is 0 Å². The topological polar surface area (TPSA) is 115 Å². The number of rotatable bonds is 5. The van der Waals surface area contributed by atoms with E-state index in [4.69, 9.17) is 5.73 Å². The number of aryl methyl sites for hydroxylation is 1. The molecule has 7 nitrogen and oxygen atoms in total. The van der Waals surface area contributed by atoms with E-state index >= 15 is 0 Å². The SMILES string of the molecule is Cc1cc([N+](=O)[O-])cc(C(=O)NCC(C)(C)C(N)=O)c1F. The molecule has 0 saturated heterocycles. The molecule has 0 fully saturated rings. The summed E-state index contributed by atoms with van der Waals surface area (Å²) in [5, 5.41) is 13.1. The molecule has 1 aromatic carbocycles. The normalized spacial score (nSPS) is 11.0. The lowest BCUT2D eigenvalue weighted by atomic mass is 9.92. The van der Waals surface area contributed by atoms with Crippen molar-refractivity contribution in [2.75, 3.05) is 6.54 Å². The van der Waals surface area contributed by atoms with Gasteiger partial charge in [0.05, 0.1) is 15.9 Å². The Kier molecular flexibility index (Phi) is 4.62. The highest BCUT2D eigenvalue weighted by atomic mass is 19.1. The molecule has 0 aliphatic carbocycles. The van der Waals surface area contributed by atoms with Gasteiger partial charge in [-0.05, 0) is 26.3 Å². The van der Waals surface area contributed by atoms with Gasteiger partial charge in [0.1, 0.15) is 5.82 Å². The number of nitrogens with zero attached hydrogens (tertiary/aromatic N) is 1. The Morgan fingerprint density at radius 1 is 1.43 bits per heavy atom. The maximum Gasteiger partial charge on any atom is 0.270 e. The lowest BCUT2D eigenvalue weighted by Crippen LogP contribution is -2.42. The van der Waals surface area contributed by atoms with Crippen LogP contribution in [0.3, 0.4) is 0 Å². The summed E-state index contributed by atoms with van der Waals surface area (Å²) in [7, 11) is 0. The third-order valence-corrected chi connectivity index (χ3v) is 3.05. The molecule has 0 heterocycles. The van der Waals surface area contributed by atoms with Crippen molar-refractivity contribution < 1.29 is 18.9 Å². The van der Waals surface area contributed by atoms with Crippen LogP contribution in [0.4, 0.5) is 10.1 Å². The van der Waals surface area contributed by atoms with E-state index in [1.165, 1.54) is 20.8 Å². The van der Waals surface area contributed by atoms with E-state index in [9.17, 15) is 24.1 Å². The van der Waals surface area contributed by atoms with E-state index in [2.05, 4.69) is 5.32 Å². The quantitative estimate of drug-likeness (QED) is 0.629. The number of nitro benzene ring substituents is 1. The largest absolute Gasteiger partial charge is 0.369 e. The molecule has 0 unspecified atom stereocenters. The van der Waals surface area contributed by atoms with E-state index in [-0.39, 0.29) is 17.8 Å². The van der Waals surface area contributed by atoms with E-state index < -0.39 is 33.5 Å². The van der Waals surface area contributed by atoms with Gasteiger partial charge in [0.25, 0.3) is 11.6 Å². The first-order valence-electron chi connectivity index (χ1n) is 6.09. The highest BCUT2D eigenvalue weighted by Crippen LogP contribution is 2.21. The summed E-state index contributed by atoms with van der Waals surface area (Å²) in [6.07, 6.45) is 0. The van der Waals surface area contributed by atoms with Gasteiger partial charge in [-0.3, -0.25) is 19.7 Å². The van der Waals surface area contributed by atoms with Gasteiger partial charge < -0.3 is 11.1 Å². The molecule has 21 heavy (non-hydrogen) atoms. The monoisotopic (exact) mass is 297 g/mol. The zero-order valence-electron chi connectivity index (χ0n) is 11.9. The fourth-order valence-electron chi connectivity index (χ4n) is 1.50. The third kappa shape index (κ3) is 3.74. The summed E-state index contributed by atoms with van der Waals surface area (Å²) in [5.74, 6) is -2.30. The summed E-state index contributed by atoms with van der Waals surface area (Å²) in [6.45, 7) is 4.25. The van der Waals surface area contributed by atoms with Crippen LogP contribution in [0.1, 0.15) is 29.8 Å². The number of benzene rings is 1. The predicted octanol–water partition coefficient (Wildman–Crippen LogP) is 1.28. The lowest BCUT2D eigenvalue weighted by molar-refractivity contribution is -0.385. The molecular weight excluding hydrogens is 281 g/mol. The Morgan fingerprint density at radius 3 is 2.48 bits per heavy atom. The van der Waals surface area contributed by atoms with Crippen LogP contribution in [0.15, 0.2) is 12.1 Å². The van der Waals surface area contributed by atoms with Crippen LogP contribution in [-0.2, 0) is 4.79 Å². The number of hydrogen-bond donors (Lipinski definition) is 2. The molecule has 0 saturated carbocycles. The van der Waals surface area contributed by atoms with Crippen molar-refractivity contribution in [3.8, 4) is 0 Å². The number of amides is 2. The molecule has 0 spiro atoms. The number of hydrogen-bond acceptors (Lipinski definition) is 4. The van der Waals surface area contributed by atoms with Gasteiger partial charge in [-0.1, -0.05) is 0 Å². The van der Waals surface area contributed by atoms with Gasteiger partial charge in [0.2, 0.25) is 5.91 Å². The Labute approximate surface area is 120 Å². The number of halogens is 1. The molecule has 0 radical (unpaired) electrons. The molecule has 3 N–H and O–H groups in total. The average Bonchev–Trinajstić information content (AvgIpc) is 2.38. The van der Waals surface area contributed by atoms with Crippen molar-refractivity contribution in [2.24, 2.45) is 11.1 Å². The Balaban J connectivity index is 3.03. The minimum Gasteiger partial charge on any atom is -0.369 e. The number of carbonyl (C=O) groups is 2. The molecule has 0 aliphatic rings. The number of nitrogens with two attached hydrogens (primary N) is 1. The van der Waals surface area contributed by atoms with Gasteiger partial charge in [0, 0.05) is 18.7 Å². The van der Waals surface area contributed by atoms with Crippen LogP contribution in [0.25, 0.3) is 0 Å². The number of non-ortho nitro benzene ring substituents is 1. The number of nitro groups is 1. The molecule has 1 aromatic rings. The summed E-state index contributed by atoms with van der Waals surface area (Å²) in [4.78, 5) is 33.1. The van der Waals surface area contributed by atoms with E-state index in [0.717, 1.165) is 12.1 Å². The summed E-state index contributed by atoms with van der Waals surface area (Å²) >= 11 is 0. The van der Waals surface area contributed by atoms with Crippen LogP contribution in [0, 0.1) is 28.3 Å². The van der Waals surface area contributed by atoms with Crippen molar-refractivity contribution in [1.29, 1.82) is 0 Å². The van der Waals surface area contributed by atoms with Gasteiger partial charge in [-0.2, -0.15) is 0 Å². The van der Waals surface area contributed by atoms with Crippen LogP contribution >= 0.6 is 0 Å². The molecule has 0 aliphatic heterocycles. The molecule has 1 rings (SSSR count). The van der Waals surface area contributed by atoms with Crippen molar-refractivity contribution in [1.82, 2.24) is 5.32 Å². The summed E-state index contributed by atoms with van der Waals surface area (Å²) in [5.41, 5.74) is 3.31. The van der Waals surface area contributed by atoms with Crippen LogP contribution in [0.5, 0.6) is 0 Å². The van der Waals surface area contributed by atoms with Crippen LogP contribution in [-0.4, -0.2) is 23.3 Å². The second-order valence-corrected chi connectivity index (χ2v) is 5.31. The van der Waals surface area contributed by atoms with Crippen molar-refractivity contribution in [2.45, 2.75) is 20.8 Å². The van der Waals surface area contributed by atoms with Crippen LogP contribution < -0.4 is 11.1 Å². The Hall–Kier alpha value is -2.51. The zero-order chi connectivity index (χ0) is 16.4. The lowest BCUT2D eigenvalue weighted by Gasteiger charge is -2.20. The van der Waals surface area contributed by atoms with Crippen LogP contribution in [0.2, 0.25) is 0 Å². The van der Waals surface area contributed by atoms with Crippen molar-refractivity contribution in [3.05, 3.63) is 39.2 Å². The predicted molar refractivity (Wildman–Crippen MR) is 73.1 cm³/mol. The zero-order valence-corrected chi connectivity index (χ0v) is 11.9.